The van der Waals surface area contributed by atoms with Gasteiger partial charge in [0.1, 0.15) is 0 Å². The summed E-state index contributed by atoms with van der Waals surface area (Å²) >= 11 is 0. The Morgan fingerprint density at radius 3 is 2.62 bits per heavy atom. The summed E-state index contributed by atoms with van der Waals surface area (Å²) in [7, 11) is 1.82. The van der Waals surface area contributed by atoms with Crippen molar-refractivity contribution in [3.05, 3.63) is 0 Å². The lowest BCUT2D eigenvalue weighted by Gasteiger charge is -2.31. The summed E-state index contributed by atoms with van der Waals surface area (Å²) in [5.41, 5.74) is -0.613. The Morgan fingerprint density at radius 1 is 1.50 bits per heavy atom. The van der Waals surface area contributed by atoms with E-state index in [1.807, 2.05) is 7.05 Å². The van der Waals surface area contributed by atoms with Crippen molar-refractivity contribution in [3.8, 4) is 0 Å². The van der Waals surface area contributed by atoms with Gasteiger partial charge in [0.05, 0.1) is 30.8 Å². The molecule has 0 bridgehead atoms. The van der Waals surface area contributed by atoms with Crippen LogP contribution in [0, 0.1) is 5.92 Å². The highest BCUT2D eigenvalue weighted by Crippen LogP contribution is 2.16. The SMILES string of the molecule is CNC1COCC1C(=O)NC(C)(C)C(C)O. The Balaban J connectivity index is 2.58. The van der Waals surface area contributed by atoms with E-state index >= 15 is 0 Å². The zero-order chi connectivity index (χ0) is 12.3. The van der Waals surface area contributed by atoms with Gasteiger partial charge in [-0.15, -0.1) is 0 Å². The Labute approximate surface area is 96.6 Å². The summed E-state index contributed by atoms with van der Waals surface area (Å²) in [5, 5.41) is 15.4. The number of ether oxygens (including phenoxy) is 1. The first-order chi connectivity index (χ1) is 7.38. The van der Waals surface area contributed by atoms with E-state index in [0.717, 1.165) is 0 Å². The number of aliphatic hydroxyl groups is 1. The molecule has 0 aromatic heterocycles. The van der Waals surface area contributed by atoms with Gasteiger partial charge in [0.15, 0.2) is 0 Å². The van der Waals surface area contributed by atoms with Crippen molar-refractivity contribution in [2.75, 3.05) is 20.3 Å². The number of aliphatic hydroxyl groups excluding tert-OH is 1. The minimum absolute atomic E-state index is 0.0600. The molecule has 3 N–H and O–H groups in total. The molecule has 3 unspecified atom stereocenters. The fraction of sp³-hybridized carbons (Fsp3) is 0.909. The van der Waals surface area contributed by atoms with E-state index < -0.39 is 11.6 Å². The van der Waals surface area contributed by atoms with Crippen molar-refractivity contribution in [2.45, 2.75) is 38.5 Å². The first-order valence-electron chi connectivity index (χ1n) is 5.63. The van der Waals surface area contributed by atoms with Crippen molar-refractivity contribution in [1.29, 1.82) is 0 Å². The summed E-state index contributed by atoms with van der Waals surface area (Å²) in [6.45, 7) is 6.28. The molecular weight excluding hydrogens is 208 g/mol. The molecule has 1 aliphatic heterocycles. The van der Waals surface area contributed by atoms with E-state index in [9.17, 15) is 9.90 Å². The van der Waals surface area contributed by atoms with E-state index in [2.05, 4.69) is 10.6 Å². The van der Waals surface area contributed by atoms with Crippen molar-refractivity contribution >= 4 is 5.91 Å². The van der Waals surface area contributed by atoms with Gasteiger partial charge in [-0.3, -0.25) is 4.79 Å². The van der Waals surface area contributed by atoms with Gasteiger partial charge in [0, 0.05) is 6.04 Å². The molecular formula is C11H22N2O3. The zero-order valence-electron chi connectivity index (χ0n) is 10.4. The van der Waals surface area contributed by atoms with Crippen LogP contribution in [0.1, 0.15) is 20.8 Å². The van der Waals surface area contributed by atoms with Gasteiger partial charge in [-0.1, -0.05) is 0 Å². The van der Waals surface area contributed by atoms with E-state index in [1.54, 1.807) is 20.8 Å². The Bertz CT molecular complexity index is 254. The minimum Gasteiger partial charge on any atom is -0.391 e. The van der Waals surface area contributed by atoms with Crippen LogP contribution < -0.4 is 10.6 Å². The van der Waals surface area contributed by atoms with E-state index in [4.69, 9.17) is 4.74 Å². The lowest BCUT2D eigenvalue weighted by atomic mass is 9.95. The van der Waals surface area contributed by atoms with Crippen LogP contribution in [0.5, 0.6) is 0 Å². The summed E-state index contributed by atoms with van der Waals surface area (Å²) in [4.78, 5) is 12.0. The second-order valence-corrected chi connectivity index (χ2v) is 4.93. The number of amides is 1. The molecule has 0 radical (unpaired) electrons. The van der Waals surface area contributed by atoms with Crippen molar-refractivity contribution in [2.24, 2.45) is 5.92 Å². The van der Waals surface area contributed by atoms with E-state index in [1.165, 1.54) is 0 Å². The Kier molecular flexibility index (Phi) is 4.29. The molecule has 0 aromatic carbocycles. The lowest BCUT2D eigenvalue weighted by molar-refractivity contribution is -0.128. The second kappa shape index (κ2) is 5.12. The predicted octanol–water partition coefficient (Wildman–Crippen LogP) is -0.504. The monoisotopic (exact) mass is 230 g/mol. The molecule has 0 spiro atoms. The first kappa shape index (κ1) is 13.4. The van der Waals surface area contributed by atoms with Gasteiger partial charge in [-0.05, 0) is 27.8 Å². The molecule has 3 atom stereocenters. The predicted molar refractivity (Wildman–Crippen MR) is 61.1 cm³/mol. The smallest absolute Gasteiger partial charge is 0.227 e. The molecule has 0 aliphatic carbocycles. The highest BCUT2D eigenvalue weighted by atomic mass is 16.5. The van der Waals surface area contributed by atoms with Crippen molar-refractivity contribution < 1.29 is 14.6 Å². The number of likely N-dealkylation sites (N-methyl/N-ethyl adjacent to an activating group) is 1. The van der Waals surface area contributed by atoms with Crippen LogP contribution in [0.3, 0.4) is 0 Å². The van der Waals surface area contributed by atoms with Gasteiger partial charge >= 0.3 is 0 Å². The molecule has 1 fully saturated rings. The van der Waals surface area contributed by atoms with Crippen LogP contribution in [0.2, 0.25) is 0 Å². The van der Waals surface area contributed by atoms with Crippen molar-refractivity contribution in [3.63, 3.8) is 0 Å². The number of hydrogen-bond acceptors (Lipinski definition) is 4. The second-order valence-electron chi connectivity index (χ2n) is 4.93. The fourth-order valence-electron chi connectivity index (χ4n) is 1.61. The minimum atomic E-state index is -0.613. The topological polar surface area (TPSA) is 70.6 Å². The molecule has 1 rings (SSSR count). The Morgan fingerprint density at radius 2 is 2.12 bits per heavy atom. The largest absolute Gasteiger partial charge is 0.391 e. The quantitative estimate of drug-likeness (QED) is 0.609. The van der Waals surface area contributed by atoms with E-state index in [0.29, 0.717) is 13.2 Å². The standard InChI is InChI=1S/C11H22N2O3/c1-7(14)11(2,3)13-10(15)8-5-16-6-9(8)12-4/h7-9,12,14H,5-6H2,1-4H3,(H,13,15). The first-order valence-corrected chi connectivity index (χ1v) is 5.63. The molecule has 16 heavy (non-hydrogen) atoms. The highest BCUT2D eigenvalue weighted by Gasteiger charge is 2.36. The maximum Gasteiger partial charge on any atom is 0.227 e. The van der Waals surface area contributed by atoms with Crippen LogP contribution in [0.4, 0.5) is 0 Å². The fourth-order valence-corrected chi connectivity index (χ4v) is 1.61. The number of carbonyl (C=O) groups is 1. The maximum absolute atomic E-state index is 12.0. The molecule has 0 aromatic rings. The summed E-state index contributed by atoms with van der Waals surface area (Å²) < 4.78 is 5.27. The van der Waals surface area contributed by atoms with Crippen LogP contribution in [-0.4, -0.2) is 49.0 Å². The van der Waals surface area contributed by atoms with Crippen LogP contribution in [0.25, 0.3) is 0 Å². The van der Waals surface area contributed by atoms with Crippen LogP contribution in [-0.2, 0) is 9.53 Å². The average molecular weight is 230 g/mol. The van der Waals surface area contributed by atoms with Crippen LogP contribution in [0.15, 0.2) is 0 Å². The van der Waals surface area contributed by atoms with Crippen LogP contribution >= 0.6 is 0 Å². The average Bonchev–Trinajstić information content (AvgIpc) is 2.64. The molecule has 1 heterocycles. The summed E-state index contributed by atoms with van der Waals surface area (Å²) in [5.74, 6) is -0.245. The number of carbonyl (C=O) groups excluding carboxylic acids is 1. The number of rotatable bonds is 4. The molecule has 1 saturated heterocycles. The third-order valence-electron chi connectivity index (χ3n) is 3.28. The molecule has 0 saturated carbocycles. The Hall–Kier alpha value is -0.650. The summed E-state index contributed by atoms with van der Waals surface area (Å²) in [6.07, 6.45) is -0.591. The number of nitrogens with one attached hydrogen (secondary N) is 2. The molecule has 94 valence electrons. The highest BCUT2D eigenvalue weighted by molar-refractivity contribution is 5.80. The van der Waals surface area contributed by atoms with Gasteiger partial charge < -0.3 is 20.5 Å². The molecule has 5 heteroatoms. The zero-order valence-corrected chi connectivity index (χ0v) is 10.4. The van der Waals surface area contributed by atoms with Gasteiger partial charge in [0.25, 0.3) is 0 Å². The van der Waals surface area contributed by atoms with Gasteiger partial charge in [0.2, 0.25) is 5.91 Å². The molecule has 1 amide bonds. The van der Waals surface area contributed by atoms with Gasteiger partial charge in [-0.25, -0.2) is 0 Å². The third-order valence-corrected chi connectivity index (χ3v) is 3.28. The lowest BCUT2D eigenvalue weighted by Crippen LogP contribution is -2.55. The number of hydrogen-bond donors (Lipinski definition) is 3. The maximum atomic E-state index is 12.0. The van der Waals surface area contributed by atoms with Crippen molar-refractivity contribution in [1.82, 2.24) is 10.6 Å². The third kappa shape index (κ3) is 2.93. The molecule has 5 nitrogen and oxygen atoms in total. The van der Waals surface area contributed by atoms with E-state index in [-0.39, 0.29) is 17.9 Å². The molecule has 1 aliphatic rings. The summed E-state index contributed by atoms with van der Waals surface area (Å²) in [6, 6.07) is 0.0600. The normalized spacial score (nSPS) is 27.8. The van der Waals surface area contributed by atoms with Gasteiger partial charge in [-0.2, -0.15) is 0 Å².